The average Bonchev–Trinajstić information content (AvgIpc) is 2.71. The van der Waals surface area contributed by atoms with Crippen LogP contribution >= 0.6 is 0 Å². The van der Waals surface area contributed by atoms with Crippen molar-refractivity contribution in [2.75, 3.05) is 6.61 Å². The van der Waals surface area contributed by atoms with Gasteiger partial charge in [0.15, 0.2) is 0 Å². The second-order valence-corrected chi connectivity index (χ2v) is 8.99. The Hall–Kier alpha value is -3.04. The first-order chi connectivity index (χ1) is 16.0. The first-order valence-corrected chi connectivity index (χ1v) is 10.9. The van der Waals surface area contributed by atoms with Crippen molar-refractivity contribution in [3.63, 3.8) is 0 Å². The number of alkyl carbamates (subject to hydrolysis) is 1. The van der Waals surface area contributed by atoms with Crippen molar-refractivity contribution < 1.29 is 33.0 Å². The van der Waals surface area contributed by atoms with Gasteiger partial charge in [-0.1, -0.05) is 30.3 Å². The monoisotopic (exact) mass is 478 g/mol. The molecule has 0 unspecified atom stereocenters. The van der Waals surface area contributed by atoms with E-state index >= 15 is 0 Å². The van der Waals surface area contributed by atoms with Crippen molar-refractivity contribution >= 4 is 12.0 Å². The summed E-state index contributed by atoms with van der Waals surface area (Å²) in [6, 6.07) is 10.4. The smallest absolute Gasteiger partial charge is 0.408 e. The minimum atomic E-state index is -0.992. The lowest BCUT2D eigenvalue weighted by Crippen LogP contribution is -2.57. The molecule has 3 N–H and O–H groups in total. The van der Waals surface area contributed by atoms with E-state index in [0.717, 1.165) is 23.8 Å². The van der Waals surface area contributed by atoms with Crippen molar-refractivity contribution in [2.45, 2.75) is 64.5 Å². The number of amides is 2. The van der Waals surface area contributed by atoms with Crippen LogP contribution in [-0.4, -0.2) is 47.5 Å². The van der Waals surface area contributed by atoms with Gasteiger partial charge in [0.1, 0.15) is 23.3 Å². The van der Waals surface area contributed by atoms with Gasteiger partial charge >= 0.3 is 6.09 Å². The molecule has 2 aromatic carbocycles. The molecule has 0 heterocycles. The largest absolute Gasteiger partial charge is 0.444 e. The van der Waals surface area contributed by atoms with Gasteiger partial charge in [-0.3, -0.25) is 4.79 Å². The van der Waals surface area contributed by atoms with Crippen molar-refractivity contribution in [3.8, 4) is 0 Å². The minimum Gasteiger partial charge on any atom is -0.444 e. The van der Waals surface area contributed by atoms with Crippen molar-refractivity contribution in [3.05, 3.63) is 71.3 Å². The topological polar surface area (TPSA) is 96.9 Å². The molecule has 0 saturated carbocycles. The Kier molecular flexibility index (Phi) is 9.95. The lowest BCUT2D eigenvalue weighted by Gasteiger charge is -2.34. The van der Waals surface area contributed by atoms with Gasteiger partial charge in [0.05, 0.1) is 25.3 Å². The van der Waals surface area contributed by atoms with Crippen LogP contribution in [0.2, 0.25) is 0 Å². The number of carbonyl (C=O) groups excluding carboxylic acids is 2. The molecule has 0 bridgehead atoms. The number of halogens is 2. The van der Waals surface area contributed by atoms with Gasteiger partial charge < -0.3 is 25.2 Å². The van der Waals surface area contributed by atoms with Crippen LogP contribution in [0.25, 0.3) is 0 Å². The number of ether oxygens (including phenoxy) is 2. The Morgan fingerprint density at radius 3 is 2.12 bits per heavy atom. The van der Waals surface area contributed by atoms with Gasteiger partial charge in [-0.05, 0) is 50.5 Å². The van der Waals surface area contributed by atoms with Crippen LogP contribution in [0.15, 0.2) is 48.5 Å². The molecule has 2 amide bonds. The van der Waals surface area contributed by atoms with Gasteiger partial charge in [0, 0.05) is 13.0 Å². The molecule has 2 rings (SSSR count). The van der Waals surface area contributed by atoms with Gasteiger partial charge in [-0.15, -0.1) is 0 Å². The molecule has 0 radical (unpaired) electrons. The summed E-state index contributed by atoms with van der Waals surface area (Å²) in [4.78, 5) is 24.4. The van der Waals surface area contributed by atoms with E-state index in [0.29, 0.717) is 0 Å². The highest BCUT2D eigenvalue weighted by Gasteiger charge is 2.33. The number of benzene rings is 2. The van der Waals surface area contributed by atoms with E-state index in [1.165, 1.54) is 6.92 Å². The SMILES string of the molecule is CC(=O)N[C@@H](Cc1cc(F)cc(F)c1)[C@@H](OCc1ccccc1)[C@@H](CO)NC(=O)OC(C)(C)C. The molecule has 0 aromatic heterocycles. The number of aliphatic hydroxyl groups is 1. The summed E-state index contributed by atoms with van der Waals surface area (Å²) in [5.74, 6) is -1.93. The summed E-state index contributed by atoms with van der Waals surface area (Å²) in [6.07, 6.45) is -1.76. The molecule has 0 spiro atoms. The van der Waals surface area contributed by atoms with E-state index in [-0.39, 0.29) is 18.6 Å². The third kappa shape index (κ3) is 9.44. The van der Waals surface area contributed by atoms with Crippen LogP contribution in [0.1, 0.15) is 38.8 Å². The number of rotatable bonds is 10. The molecule has 0 fully saturated rings. The van der Waals surface area contributed by atoms with E-state index in [1.807, 2.05) is 30.3 Å². The van der Waals surface area contributed by atoms with Crippen molar-refractivity contribution in [1.29, 1.82) is 0 Å². The fraction of sp³-hybridized carbons (Fsp3) is 0.440. The second-order valence-electron chi connectivity index (χ2n) is 8.99. The molecule has 0 aliphatic carbocycles. The minimum absolute atomic E-state index is 0.0137. The Morgan fingerprint density at radius 2 is 1.59 bits per heavy atom. The van der Waals surface area contributed by atoms with Crippen LogP contribution in [-0.2, 0) is 27.3 Å². The summed E-state index contributed by atoms with van der Waals surface area (Å²) in [5.41, 5.74) is 0.319. The molecule has 186 valence electrons. The third-order valence-corrected chi connectivity index (χ3v) is 4.74. The summed E-state index contributed by atoms with van der Waals surface area (Å²) in [6.45, 7) is 5.95. The number of hydrogen-bond donors (Lipinski definition) is 3. The molecule has 0 aliphatic heterocycles. The van der Waals surface area contributed by atoms with Crippen LogP contribution < -0.4 is 10.6 Å². The average molecular weight is 479 g/mol. The molecule has 0 saturated heterocycles. The first kappa shape index (κ1) is 27.2. The molecular weight excluding hydrogens is 446 g/mol. The molecule has 2 aromatic rings. The number of carbonyl (C=O) groups is 2. The molecular formula is C25H32F2N2O5. The summed E-state index contributed by atoms with van der Waals surface area (Å²) in [5, 5.41) is 15.4. The molecule has 34 heavy (non-hydrogen) atoms. The van der Waals surface area contributed by atoms with Gasteiger partial charge in [-0.25, -0.2) is 13.6 Å². The predicted molar refractivity (Wildman–Crippen MR) is 123 cm³/mol. The highest BCUT2D eigenvalue weighted by Crippen LogP contribution is 2.18. The maximum absolute atomic E-state index is 13.8. The number of aliphatic hydroxyl groups excluding tert-OH is 1. The Bertz CT molecular complexity index is 930. The lowest BCUT2D eigenvalue weighted by atomic mass is 9.95. The van der Waals surface area contributed by atoms with Crippen LogP contribution in [0.5, 0.6) is 0 Å². The second kappa shape index (κ2) is 12.4. The quantitative estimate of drug-likeness (QED) is 0.486. The fourth-order valence-corrected chi connectivity index (χ4v) is 3.46. The van der Waals surface area contributed by atoms with E-state index in [4.69, 9.17) is 9.47 Å². The van der Waals surface area contributed by atoms with Gasteiger partial charge in [0.2, 0.25) is 5.91 Å². The summed E-state index contributed by atoms with van der Waals surface area (Å²) >= 11 is 0. The Balaban J connectivity index is 2.35. The lowest BCUT2D eigenvalue weighted by molar-refractivity contribution is -0.121. The van der Waals surface area contributed by atoms with Gasteiger partial charge in [0.25, 0.3) is 0 Å². The highest BCUT2D eigenvalue weighted by molar-refractivity contribution is 5.73. The van der Waals surface area contributed by atoms with Crippen LogP contribution in [0.3, 0.4) is 0 Å². The summed E-state index contributed by atoms with van der Waals surface area (Å²) in [7, 11) is 0. The maximum atomic E-state index is 13.8. The standard InChI is InChI=1S/C25H32F2N2O5/c1-16(31)28-21(12-18-10-19(26)13-20(27)11-18)23(33-15-17-8-6-5-7-9-17)22(14-30)29-24(32)34-25(2,3)4/h5-11,13,21-23,30H,12,14-15H2,1-4H3,(H,28,31)(H,29,32)/t21-,22+,23+/m0/s1. The highest BCUT2D eigenvalue weighted by atomic mass is 19.1. The van der Waals surface area contributed by atoms with E-state index in [1.54, 1.807) is 20.8 Å². The molecule has 7 nitrogen and oxygen atoms in total. The molecule has 0 aliphatic rings. The summed E-state index contributed by atoms with van der Waals surface area (Å²) < 4.78 is 39.0. The zero-order valence-electron chi connectivity index (χ0n) is 19.8. The van der Waals surface area contributed by atoms with Crippen LogP contribution in [0.4, 0.5) is 13.6 Å². The van der Waals surface area contributed by atoms with Crippen LogP contribution in [0, 0.1) is 11.6 Å². The maximum Gasteiger partial charge on any atom is 0.408 e. The van der Waals surface area contributed by atoms with Crippen molar-refractivity contribution in [1.82, 2.24) is 10.6 Å². The predicted octanol–water partition coefficient (Wildman–Crippen LogP) is 3.48. The van der Waals surface area contributed by atoms with E-state index in [2.05, 4.69) is 10.6 Å². The van der Waals surface area contributed by atoms with E-state index < -0.39 is 54.0 Å². The Morgan fingerprint density at radius 1 is 0.971 bits per heavy atom. The molecule has 9 heteroatoms. The fourth-order valence-electron chi connectivity index (χ4n) is 3.46. The number of nitrogens with one attached hydrogen (secondary N) is 2. The first-order valence-electron chi connectivity index (χ1n) is 10.9. The Labute approximate surface area is 198 Å². The van der Waals surface area contributed by atoms with Gasteiger partial charge in [-0.2, -0.15) is 0 Å². The molecule has 3 atom stereocenters. The third-order valence-electron chi connectivity index (χ3n) is 4.74. The van der Waals surface area contributed by atoms with Crippen molar-refractivity contribution in [2.24, 2.45) is 0 Å². The normalized spacial score (nSPS) is 14.1. The van der Waals surface area contributed by atoms with E-state index in [9.17, 15) is 23.5 Å². The zero-order chi connectivity index (χ0) is 25.3. The zero-order valence-corrected chi connectivity index (χ0v) is 19.8. The number of hydrogen-bond acceptors (Lipinski definition) is 5.